The Labute approximate surface area is 132 Å². The smallest absolute Gasteiger partial charge is 0.389 e. The molecule has 0 spiro atoms. The van der Waals surface area contributed by atoms with Crippen LogP contribution in [-0.4, -0.2) is 35.5 Å². The normalized spacial score (nSPS) is 12.7. The molecule has 0 saturated heterocycles. The molecule has 0 bridgehead atoms. The highest BCUT2D eigenvalue weighted by atomic mass is 16.6. The molecule has 8 heteroatoms. The van der Waals surface area contributed by atoms with Crippen molar-refractivity contribution in [1.82, 2.24) is 19.3 Å². The average Bonchev–Trinajstić information content (AvgIpc) is 3.08. The van der Waals surface area contributed by atoms with E-state index in [1.54, 1.807) is 6.33 Å². The van der Waals surface area contributed by atoms with Gasteiger partial charge in [-0.15, -0.1) is 0 Å². The highest BCUT2D eigenvalue weighted by Gasteiger charge is 2.15. The molecule has 0 aliphatic heterocycles. The third-order valence-corrected chi connectivity index (χ3v) is 3.86. The van der Waals surface area contributed by atoms with Crippen LogP contribution in [0.15, 0.2) is 30.7 Å². The highest BCUT2D eigenvalue weighted by Crippen LogP contribution is 2.19. The highest BCUT2D eigenvalue weighted by molar-refractivity contribution is 5.77. The Morgan fingerprint density at radius 3 is 2.74 bits per heavy atom. The van der Waals surface area contributed by atoms with Crippen molar-refractivity contribution in [3.63, 3.8) is 0 Å². The van der Waals surface area contributed by atoms with E-state index in [1.807, 2.05) is 30.5 Å². The summed E-state index contributed by atoms with van der Waals surface area (Å²) in [6.07, 6.45) is 2.45. The summed E-state index contributed by atoms with van der Waals surface area (Å²) < 4.78 is 3.25. The second-order valence-corrected chi connectivity index (χ2v) is 5.63. The molecule has 0 fully saturated rings. The number of nitro groups is 1. The molecular formula is C15H17N5O3. The van der Waals surface area contributed by atoms with Gasteiger partial charge in [0.05, 0.1) is 53.9 Å². The van der Waals surface area contributed by atoms with Crippen molar-refractivity contribution in [3.8, 4) is 0 Å². The van der Waals surface area contributed by atoms with Crippen molar-refractivity contribution < 1.29 is 10.0 Å². The molecule has 1 aromatic carbocycles. The molecule has 3 aromatic rings. The molecule has 23 heavy (non-hydrogen) atoms. The van der Waals surface area contributed by atoms with Gasteiger partial charge < -0.3 is 19.8 Å². The lowest BCUT2D eigenvalue weighted by Crippen LogP contribution is -2.22. The number of aromatic nitrogens is 4. The first-order chi connectivity index (χ1) is 10.9. The molecule has 0 amide bonds. The van der Waals surface area contributed by atoms with E-state index in [0.717, 1.165) is 16.6 Å². The van der Waals surface area contributed by atoms with Gasteiger partial charge >= 0.3 is 5.82 Å². The van der Waals surface area contributed by atoms with Crippen LogP contribution in [-0.2, 0) is 13.1 Å². The second-order valence-electron chi connectivity index (χ2n) is 5.63. The van der Waals surface area contributed by atoms with Crippen LogP contribution in [0.25, 0.3) is 11.0 Å². The first-order valence-electron chi connectivity index (χ1n) is 7.22. The van der Waals surface area contributed by atoms with Gasteiger partial charge in [-0.1, -0.05) is 0 Å². The van der Waals surface area contributed by atoms with Crippen LogP contribution >= 0.6 is 0 Å². The predicted octanol–water partition coefficient (Wildman–Crippen LogP) is 1.82. The molecule has 0 saturated carbocycles. The van der Waals surface area contributed by atoms with Crippen LogP contribution < -0.4 is 0 Å². The summed E-state index contributed by atoms with van der Waals surface area (Å²) in [5, 5.41) is 24.6. The summed E-state index contributed by atoms with van der Waals surface area (Å²) in [6, 6.07) is 5.37. The maximum Gasteiger partial charge on any atom is 0.389 e. The predicted molar refractivity (Wildman–Crippen MR) is 84.1 cm³/mol. The van der Waals surface area contributed by atoms with E-state index in [1.165, 1.54) is 22.5 Å². The number of hydrogen-bond acceptors (Lipinski definition) is 5. The van der Waals surface area contributed by atoms with Gasteiger partial charge in [-0.3, -0.25) is 0 Å². The van der Waals surface area contributed by atoms with Crippen LogP contribution in [0.3, 0.4) is 0 Å². The molecule has 8 nitrogen and oxygen atoms in total. The number of aliphatic hydroxyl groups excluding tert-OH is 1. The Balaban J connectivity index is 1.75. The summed E-state index contributed by atoms with van der Waals surface area (Å²) >= 11 is 0. The zero-order chi connectivity index (χ0) is 16.6. The van der Waals surface area contributed by atoms with Gasteiger partial charge in [-0.2, -0.15) is 4.68 Å². The van der Waals surface area contributed by atoms with Crippen molar-refractivity contribution in [2.24, 2.45) is 0 Å². The zero-order valence-corrected chi connectivity index (χ0v) is 12.9. The Morgan fingerprint density at radius 2 is 2.04 bits per heavy atom. The Bertz CT molecular complexity index is 867. The second kappa shape index (κ2) is 5.81. The van der Waals surface area contributed by atoms with Crippen molar-refractivity contribution in [2.75, 3.05) is 0 Å². The molecule has 120 valence electrons. The number of nitrogens with zero attached hydrogens (tertiary/aromatic N) is 5. The number of hydrogen-bond donors (Lipinski definition) is 1. The maximum absolute atomic E-state index is 10.6. The molecule has 1 N–H and O–H groups in total. The van der Waals surface area contributed by atoms with Gasteiger partial charge in [0.15, 0.2) is 0 Å². The summed E-state index contributed by atoms with van der Waals surface area (Å²) in [5.74, 6) is -0.226. The van der Waals surface area contributed by atoms with Gasteiger partial charge in [0.25, 0.3) is 0 Å². The third-order valence-electron chi connectivity index (χ3n) is 3.86. The number of benzene rings is 1. The lowest BCUT2D eigenvalue weighted by molar-refractivity contribution is -0.389. The minimum Gasteiger partial charge on any atom is -0.389 e. The van der Waals surface area contributed by atoms with Gasteiger partial charge in [0.2, 0.25) is 0 Å². The van der Waals surface area contributed by atoms with E-state index in [-0.39, 0.29) is 12.4 Å². The van der Waals surface area contributed by atoms with Crippen LogP contribution in [0.5, 0.6) is 0 Å². The largest absolute Gasteiger partial charge is 0.389 e. The fourth-order valence-corrected chi connectivity index (χ4v) is 2.51. The van der Waals surface area contributed by atoms with E-state index in [2.05, 4.69) is 10.1 Å². The molecule has 1 unspecified atom stereocenters. The Morgan fingerprint density at radius 1 is 1.30 bits per heavy atom. The van der Waals surface area contributed by atoms with Crippen LogP contribution in [0.1, 0.15) is 11.1 Å². The molecule has 3 rings (SSSR count). The van der Waals surface area contributed by atoms with E-state index >= 15 is 0 Å². The van der Waals surface area contributed by atoms with Gasteiger partial charge in [0, 0.05) is 0 Å². The first-order valence-corrected chi connectivity index (χ1v) is 7.22. The number of imidazole rings is 1. The summed E-state index contributed by atoms with van der Waals surface area (Å²) in [6.45, 7) is 4.59. The average molecular weight is 315 g/mol. The third kappa shape index (κ3) is 3.07. The molecular weight excluding hydrogens is 298 g/mol. The molecule has 0 aliphatic carbocycles. The number of rotatable bonds is 5. The van der Waals surface area contributed by atoms with E-state index in [0.29, 0.717) is 6.54 Å². The van der Waals surface area contributed by atoms with Gasteiger partial charge in [0.1, 0.15) is 0 Å². The van der Waals surface area contributed by atoms with E-state index in [4.69, 9.17) is 0 Å². The van der Waals surface area contributed by atoms with E-state index in [9.17, 15) is 15.2 Å². The van der Waals surface area contributed by atoms with Gasteiger partial charge in [-0.05, 0) is 42.0 Å². The lowest BCUT2D eigenvalue weighted by Gasteiger charge is -2.11. The molecule has 0 aliphatic rings. The monoisotopic (exact) mass is 315 g/mol. The van der Waals surface area contributed by atoms with Crippen molar-refractivity contribution in [2.45, 2.75) is 33.0 Å². The SMILES string of the molecule is Cc1cc2ncn(CC(O)Cn3ccc([N+](=O)[O-])n3)c2cc1C. The van der Waals surface area contributed by atoms with Crippen molar-refractivity contribution in [1.29, 1.82) is 0 Å². The zero-order valence-electron chi connectivity index (χ0n) is 12.9. The summed E-state index contributed by atoms with van der Waals surface area (Å²) in [4.78, 5) is 14.4. The van der Waals surface area contributed by atoms with Gasteiger partial charge in [-0.25, -0.2) is 4.98 Å². The molecule has 0 radical (unpaired) electrons. The van der Waals surface area contributed by atoms with Crippen molar-refractivity contribution in [3.05, 3.63) is 52.0 Å². The van der Waals surface area contributed by atoms with Crippen LogP contribution in [0.2, 0.25) is 0 Å². The van der Waals surface area contributed by atoms with Crippen LogP contribution in [0.4, 0.5) is 5.82 Å². The quantitative estimate of drug-likeness (QED) is 0.572. The molecule has 1 atom stereocenters. The standard InChI is InChI=1S/C15H17N5O3/c1-10-5-13-14(6-11(10)2)18(9-16-13)7-12(21)8-19-4-3-15(17-19)20(22)23/h3-6,9,12,21H,7-8H2,1-2H3. The number of fused-ring (bicyclic) bond motifs is 1. The fraction of sp³-hybridized carbons (Fsp3) is 0.333. The minimum absolute atomic E-state index is 0.179. The lowest BCUT2D eigenvalue weighted by atomic mass is 10.1. The first kappa shape index (κ1) is 15.2. The molecule has 2 heterocycles. The number of aryl methyl sites for hydroxylation is 2. The summed E-state index contributed by atoms with van der Waals surface area (Å²) in [5.41, 5.74) is 4.18. The molecule has 2 aromatic heterocycles. The van der Waals surface area contributed by atoms with Crippen molar-refractivity contribution >= 4 is 16.9 Å². The maximum atomic E-state index is 10.6. The van der Waals surface area contributed by atoms with Crippen LogP contribution in [0, 0.1) is 24.0 Å². The topological polar surface area (TPSA) is 99.0 Å². The Hall–Kier alpha value is -2.74. The number of aliphatic hydroxyl groups is 1. The van der Waals surface area contributed by atoms with E-state index < -0.39 is 11.0 Å². The minimum atomic E-state index is -0.728. The summed E-state index contributed by atoms with van der Waals surface area (Å²) in [7, 11) is 0. The fourth-order valence-electron chi connectivity index (χ4n) is 2.51. The Kier molecular flexibility index (Phi) is 3.83.